The molecule has 4 rings (SSSR count). The molecule has 1 heterocycles. The van der Waals surface area contributed by atoms with Crippen LogP contribution < -0.4 is 11.1 Å². The lowest BCUT2D eigenvalue weighted by atomic mass is 10.1. The predicted molar refractivity (Wildman–Crippen MR) is 121 cm³/mol. The Morgan fingerprint density at radius 3 is 2.38 bits per heavy atom. The number of carbonyl (C=O) groups excluding carboxylic acids is 1. The molecule has 0 saturated heterocycles. The molecule has 160 valence electrons. The van der Waals surface area contributed by atoms with Crippen LogP contribution in [0.3, 0.4) is 0 Å². The molecule has 6 nitrogen and oxygen atoms in total. The van der Waals surface area contributed by atoms with Crippen molar-refractivity contribution in [2.75, 3.05) is 11.1 Å². The lowest BCUT2D eigenvalue weighted by molar-refractivity contribution is -0.115. The molecule has 32 heavy (non-hydrogen) atoms. The molecule has 0 bridgehead atoms. The number of nitrogens with one attached hydrogen (secondary N) is 1. The van der Waals surface area contributed by atoms with Crippen LogP contribution in [0.25, 0.3) is 11.3 Å². The molecule has 0 radical (unpaired) electrons. The first-order valence-electron chi connectivity index (χ1n) is 10.00. The van der Waals surface area contributed by atoms with E-state index in [-0.39, 0.29) is 29.7 Å². The number of halogens is 1. The summed E-state index contributed by atoms with van der Waals surface area (Å²) in [4.78, 5) is 21.6. The minimum Gasteiger partial charge on any atom is -0.399 e. The van der Waals surface area contributed by atoms with Crippen LogP contribution in [-0.4, -0.2) is 21.0 Å². The zero-order chi connectivity index (χ0) is 22.5. The van der Waals surface area contributed by atoms with Crippen molar-refractivity contribution in [1.29, 1.82) is 0 Å². The Labute approximate surface area is 184 Å². The summed E-state index contributed by atoms with van der Waals surface area (Å²) in [6.07, 6.45) is 0.460. The molecular weight excluding hydrogens is 407 g/mol. The maximum Gasteiger partial charge on any atom is 0.229 e. The van der Waals surface area contributed by atoms with Crippen LogP contribution in [0.5, 0.6) is 0 Å². The highest BCUT2D eigenvalue weighted by atomic mass is 19.1. The van der Waals surface area contributed by atoms with E-state index in [9.17, 15) is 14.3 Å². The summed E-state index contributed by atoms with van der Waals surface area (Å²) in [6.45, 7) is 0. The lowest BCUT2D eigenvalue weighted by Crippen LogP contribution is -2.19. The number of benzene rings is 3. The van der Waals surface area contributed by atoms with Gasteiger partial charge in [0, 0.05) is 11.3 Å². The Kier molecular flexibility index (Phi) is 6.19. The maximum atomic E-state index is 13.1. The Bertz CT molecular complexity index is 1210. The van der Waals surface area contributed by atoms with E-state index in [0.29, 0.717) is 22.5 Å². The fourth-order valence-electron chi connectivity index (χ4n) is 3.24. The molecule has 1 amide bonds. The summed E-state index contributed by atoms with van der Waals surface area (Å²) in [5.74, 6) is -0.563. The van der Waals surface area contributed by atoms with Gasteiger partial charge in [-0.25, -0.2) is 14.4 Å². The van der Waals surface area contributed by atoms with Crippen molar-refractivity contribution in [3.8, 4) is 11.3 Å². The predicted octanol–water partition coefficient (Wildman–Crippen LogP) is 4.13. The van der Waals surface area contributed by atoms with E-state index in [4.69, 9.17) is 5.73 Å². The molecule has 0 aliphatic heterocycles. The number of nitrogen functional groups attached to an aromatic ring is 1. The van der Waals surface area contributed by atoms with Gasteiger partial charge >= 0.3 is 0 Å². The third-order valence-corrected chi connectivity index (χ3v) is 4.92. The Hall–Kier alpha value is -4.10. The number of carbonyl (C=O) groups is 1. The van der Waals surface area contributed by atoms with E-state index in [1.807, 2.05) is 30.3 Å². The number of hydrogen-bond acceptors (Lipinski definition) is 5. The minimum absolute atomic E-state index is 0.0303. The van der Waals surface area contributed by atoms with Gasteiger partial charge in [0.1, 0.15) is 17.6 Å². The van der Waals surface area contributed by atoms with E-state index < -0.39 is 6.10 Å². The summed E-state index contributed by atoms with van der Waals surface area (Å²) >= 11 is 0. The fraction of sp³-hybridized carbons (Fsp3) is 0.0800. The average Bonchev–Trinajstić information content (AvgIpc) is 2.81. The molecule has 0 aliphatic carbocycles. The SMILES string of the molecule is Nc1ccc(-c2cnc(NC(=O)Cc3ccc(F)cc3)c(C(O)c3ccccc3)n2)cc1. The molecule has 3 aromatic carbocycles. The van der Waals surface area contributed by atoms with Crippen molar-refractivity contribution < 1.29 is 14.3 Å². The summed E-state index contributed by atoms with van der Waals surface area (Å²) in [5.41, 5.74) is 9.19. The number of rotatable bonds is 6. The lowest BCUT2D eigenvalue weighted by Gasteiger charge is -2.16. The van der Waals surface area contributed by atoms with Gasteiger partial charge in [0.2, 0.25) is 5.91 Å². The van der Waals surface area contributed by atoms with Crippen molar-refractivity contribution in [1.82, 2.24) is 9.97 Å². The van der Waals surface area contributed by atoms with Gasteiger partial charge < -0.3 is 16.2 Å². The number of aliphatic hydroxyl groups is 1. The maximum absolute atomic E-state index is 13.1. The van der Waals surface area contributed by atoms with E-state index in [2.05, 4.69) is 15.3 Å². The van der Waals surface area contributed by atoms with Crippen LogP contribution in [0.4, 0.5) is 15.9 Å². The first-order valence-corrected chi connectivity index (χ1v) is 10.00. The molecule has 0 spiro atoms. The molecule has 4 aromatic rings. The van der Waals surface area contributed by atoms with E-state index in [1.165, 1.54) is 18.3 Å². The van der Waals surface area contributed by atoms with Crippen LogP contribution in [-0.2, 0) is 11.2 Å². The zero-order valence-electron chi connectivity index (χ0n) is 17.1. The number of nitrogens with zero attached hydrogens (tertiary/aromatic N) is 2. The monoisotopic (exact) mass is 428 g/mol. The van der Waals surface area contributed by atoms with Gasteiger partial charge in [-0.3, -0.25) is 4.79 Å². The van der Waals surface area contributed by atoms with Crippen LogP contribution in [0, 0.1) is 5.82 Å². The summed E-state index contributed by atoms with van der Waals surface area (Å²) < 4.78 is 13.1. The average molecular weight is 428 g/mol. The Balaban J connectivity index is 1.66. The second-order valence-corrected chi connectivity index (χ2v) is 7.28. The number of amides is 1. The molecule has 1 aromatic heterocycles. The minimum atomic E-state index is -1.10. The van der Waals surface area contributed by atoms with Crippen molar-refractivity contribution in [3.63, 3.8) is 0 Å². The topological polar surface area (TPSA) is 101 Å². The van der Waals surface area contributed by atoms with Gasteiger partial charge in [-0.2, -0.15) is 0 Å². The van der Waals surface area contributed by atoms with E-state index >= 15 is 0 Å². The van der Waals surface area contributed by atoms with Crippen molar-refractivity contribution in [3.05, 3.63) is 108 Å². The van der Waals surface area contributed by atoms with Crippen molar-refractivity contribution >= 4 is 17.4 Å². The zero-order valence-corrected chi connectivity index (χ0v) is 17.1. The largest absolute Gasteiger partial charge is 0.399 e. The third kappa shape index (κ3) is 4.96. The number of hydrogen-bond donors (Lipinski definition) is 3. The standard InChI is InChI=1S/C25H21FN4O2/c26-19-10-6-16(7-11-19)14-22(31)30-25-23(24(32)18-4-2-1-3-5-18)29-21(15-28-25)17-8-12-20(27)13-9-17/h1-13,15,24,32H,14,27H2,(H,28,30,31). The smallest absolute Gasteiger partial charge is 0.229 e. The second-order valence-electron chi connectivity index (χ2n) is 7.28. The normalized spacial score (nSPS) is 11.7. The summed E-state index contributed by atoms with van der Waals surface area (Å²) in [6, 6.07) is 21.8. The highest BCUT2D eigenvalue weighted by Crippen LogP contribution is 2.28. The third-order valence-electron chi connectivity index (χ3n) is 4.92. The molecule has 1 atom stereocenters. The van der Waals surface area contributed by atoms with Crippen molar-refractivity contribution in [2.45, 2.75) is 12.5 Å². The first-order chi connectivity index (χ1) is 15.5. The molecule has 0 saturated carbocycles. The second kappa shape index (κ2) is 9.36. The van der Waals surface area contributed by atoms with Crippen LogP contribution in [0.2, 0.25) is 0 Å². The highest BCUT2D eigenvalue weighted by molar-refractivity contribution is 5.92. The van der Waals surface area contributed by atoms with Gasteiger partial charge in [-0.15, -0.1) is 0 Å². The van der Waals surface area contributed by atoms with Crippen LogP contribution >= 0.6 is 0 Å². The number of aromatic nitrogens is 2. The number of aliphatic hydroxyl groups excluding tert-OH is 1. The molecule has 0 aliphatic rings. The molecule has 1 unspecified atom stereocenters. The van der Waals surface area contributed by atoms with Gasteiger partial charge in [0.15, 0.2) is 5.82 Å². The highest BCUT2D eigenvalue weighted by Gasteiger charge is 2.20. The molecular formula is C25H21FN4O2. The number of anilines is 2. The summed E-state index contributed by atoms with van der Waals surface area (Å²) in [7, 11) is 0. The Morgan fingerprint density at radius 2 is 1.69 bits per heavy atom. The van der Waals surface area contributed by atoms with Gasteiger partial charge in [-0.1, -0.05) is 54.6 Å². The van der Waals surface area contributed by atoms with Gasteiger partial charge in [0.05, 0.1) is 18.3 Å². The molecule has 0 fully saturated rings. The van der Waals surface area contributed by atoms with Crippen LogP contribution in [0.1, 0.15) is 22.9 Å². The fourth-order valence-corrected chi connectivity index (χ4v) is 3.24. The quantitative estimate of drug-likeness (QED) is 0.401. The Morgan fingerprint density at radius 1 is 1.00 bits per heavy atom. The van der Waals surface area contributed by atoms with Crippen molar-refractivity contribution in [2.24, 2.45) is 0 Å². The van der Waals surface area contributed by atoms with Crippen LogP contribution in [0.15, 0.2) is 85.1 Å². The van der Waals surface area contributed by atoms with E-state index in [0.717, 1.165) is 5.56 Å². The first kappa shape index (κ1) is 21.1. The number of nitrogens with two attached hydrogens (primary N) is 1. The molecule has 7 heteroatoms. The summed E-state index contributed by atoms with van der Waals surface area (Å²) in [5, 5.41) is 13.7. The van der Waals surface area contributed by atoms with Gasteiger partial charge in [-0.05, 0) is 35.4 Å². The van der Waals surface area contributed by atoms with E-state index in [1.54, 1.807) is 36.4 Å². The van der Waals surface area contributed by atoms with Gasteiger partial charge in [0.25, 0.3) is 0 Å². The molecule has 4 N–H and O–H groups in total.